The molecule has 1 N–H and O–H groups in total. The van der Waals surface area contributed by atoms with E-state index in [9.17, 15) is 9.18 Å². The fraction of sp³-hybridized carbons (Fsp3) is 0.125. The molecule has 3 rings (SSSR count). The van der Waals surface area contributed by atoms with Crippen molar-refractivity contribution >= 4 is 11.6 Å². The average Bonchev–Trinajstić information content (AvgIpc) is 3.09. The molecule has 0 saturated carbocycles. The highest BCUT2D eigenvalue weighted by Crippen LogP contribution is 2.14. The highest BCUT2D eigenvalue weighted by Gasteiger charge is 2.07. The zero-order valence-corrected chi connectivity index (χ0v) is 12.2. The van der Waals surface area contributed by atoms with Crippen LogP contribution in [0.25, 0.3) is 5.69 Å². The monoisotopic (exact) mass is 311 g/mol. The lowest BCUT2D eigenvalue weighted by Gasteiger charge is -2.07. The number of tetrazole rings is 1. The van der Waals surface area contributed by atoms with E-state index in [1.165, 1.54) is 17.1 Å². The average molecular weight is 311 g/mol. The minimum absolute atomic E-state index is 0.179. The molecule has 0 aliphatic rings. The summed E-state index contributed by atoms with van der Waals surface area (Å²) in [7, 11) is 0. The van der Waals surface area contributed by atoms with Gasteiger partial charge in [0.1, 0.15) is 12.1 Å². The van der Waals surface area contributed by atoms with Gasteiger partial charge in [-0.15, -0.1) is 5.10 Å². The molecule has 0 saturated heterocycles. The normalized spacial score (nSPS) is 10.5. The number of anilines is 1. The third kappa shape index (κ3) is 3.76. The molecule has 7 heteroatoms. The fourth-order valence-electron chi connectivity index (χ4n) is 2.18. The van der Waals surface area contributed by atoms with Gasteiger partial charge in [-0.1, -0.05) is 24.3 Å². The maximum Gasteiger partial charge on any atom is 0.224 e. The number of nitrogens with zero attached hydrogens (tertiary/aromatic N) is 4. The molecule has 0 radical (unpaired) electrons. The van der Waals surface area contributed by atoms with Crippen molar-refractivity contribution in [1.82, 2.24) is 20.2 Å². The third-order valence-electron chi connectivity index (χ3n) is 3.32. The lowest BCUT2D eigenvalue weighted by Crippen LogP contribution is -2.13. The summed E-state index contributed by atoms with van der Waals surface area (Å²) >= 11 is 0. The number of rotatable bonds is 5. The van der Waals surface area contributed by atoms with E-state index in [4.69, 9.17) is 0 Å². The van der Waals surface area contributed by atoms with Crippen LogP contribution in [0.3, 0.4) is 0 Å². The van der Waals surface area contributed by atoms with E-state index in [0.29, 0.717) is 17.7 Å². The topological polar surface area (TPSA) is 72.7 Å². The van der Waals surface area contributed by atoms with Crippen LogP contribution >= 0.6 is 0 Å². The van der Waals surface area contributed by atoms with Crippen LogP contribution in [0.2, 0.25) is 0 Å². The second kappa shape index (κ2) is 6.78. The summed E-state index contributed by atoms with van der Waals surface area (Å²) in [5, 5.41) is 13.7. The minimum Gasteiger partial charge on any atom is -0.326 e. The van der Waals surface area contributed by atoms with Gasteiger partial charge in [0.15, 0.2) is 0 Å². The van der Waals surface area contributed by atoms with Crippen molar-refractivity contribution in [1.29, 1.82) is 0 Å². The number of nitrogens with one attached hydrogen (secondary N) is 1. The second-order valence-electron chi connectivity index (χ2n) is 4.94. The molecule has 1 heterocycles. The highest BCUT2D eigenvalue weighted by molar-refractivity contribution is 5.91. The lowest BCUT2D eigenvalue weighted by atomic mass is 10.1. The van der Waals surface area contributed by atoms with Gasteiger partial charge in [-0.05, 0) is 46.7 Å². The quantitative estimate of drug-likeness (QED) is 0.785. The summed E-state index contributed by atoms with van der Waals surface area (Å²) in [4.78, 5) is 12.0. The first-order valence-corrected chi connectivity index (χ1v) is 7.09. The van der Waals surface area contributed by atoms with E-state index in [1.807, 2.05) is 6.07 Å². The third-order valence-corrected chi connectivity index (χ3v) is 3.32. The van der Waals surface area contributed by atoms with Gasteiger partial charge < -0.3 is 5.32 Å². The number of aryl methyl sites for hydroxylation is 1. The van der Waals surface area contributed by atoms with Gasteiger partial charge in [0, 0.05) is 12.1 Å². The Balaban J connectivity index is 1.62. The van der Waals surface area contributed by atoms with E-state index in [-0.39, 0.29) is 18.1 Å². The largest absolute Gasteiger partial charge is 0.326 e. The van der Waals surface area contributed by atoms with Crippen LogP contribution in [0.1, 0.15) is 12.0 Å². The highest BCUT2D eigenvalue weighted by atomic mass is 19.1. The number of amides is 1. The van der Waals surface area contributed by atoms with Gasteiger partial charge in [0.2, 0.25) is 5.91 Å². The second-order valence-corrected chi connectivity index (χ2v) is 4.94. The molecule has 3 aromatic rings. The van der Waals surface area contributed by atoms with Crippen molar-refractivity contribution in [2.45, 2.75) is 12.8 Å². The predicted octanol–water partition coefficient (Wildman–Crippen LogP) is 2.37. The first-order chi connectivity index (χ1) is 11.2. The van der Waals surface area contributed by atoms with E-state index < -0.39 is 0 Å². The van der Waals surface area contributed by atoms with Gasteiger partial charge in [-0.2, -0.15) is 0 Å². The smallest absolute Gasteiger partial charge is 0.224 e. The molecule has 0 unspecified atom stereocenters. The number of benzene rings is 2. The van der Waals surface area contributed by atoms with Crippen LogP contribution in [0.15, 0.2) is 54.9 Å². The Kier molecular flexibility index (Phi) is 4.37. The summed E-state index contributed by atoms with van der Waals surface area (Å²) in [6.07, 6.45) is 2.03. The first kappa shape index (κ1) is 14.8. The van der Waals surface area contributed by atoms with Crippen LogP contribution in [-0.4, -0.2) is 26.1 Å². The summed E-state index contributed by atoms with van der Waals surface area (Å²) < 4.78 is 15.0. The van der Waals surface area contributed by atoms with Crippen LogP contribution in [-0.2, 0) is 11.2 Å². The summed E-state index contributed by atoms with van der Waals surface area (Å²) in [6, 6.07) is 13.6. The summed E-state index contributed by atoms with van der Waals surface area (Å²) in [5.74, 6) is -0.469. The minimum atomic E-state index is -0.291. The van der Waals surface area contributed by atoms with Crippen molar-refractivity contribution in [3.63, 3.8) is 0 Å². The summed E-state index contributed by atoms with van der Waals surface area (Å²) in [6.45, 7) is 0. The molecule has 1 amide bonds. The number of hydrogen-bond donors (Lipinski definition) is 1. The maximum absolute atomic E-state index is 13.5. The Bertz CT molecular complexity index is 804. The van der Waals surface area contributed by atoms with Crippen molar-refractivity contribution in [3.8, 4) is 5.69 Å². The zero-order chi connectivity index (χ0) is 16.1. The molecule has 116 valence electrons. The van der Waals surface area contributed by atoms with Gasteiger partial charge in [-0.25, -0.2) is 9.07 Å². The maximum atomic E-state index is 13.5. The summed E-state index contributed by atoms with van der Waals surface area (Å²) in [5.41, 5.74) is 1.91. The SMILES string of the molecule is O=C(CCc1ccccc1F)Nc1cccc(-n2cnnn2)c1. The van der Waals surface area contributed by atoms with Gasteiger partial charge >= 0.3 is 0 Å². The van der Waals surface area contributed by atoms with Gasteiger partial charge in [0.25, 0.3) is 0 Å². The Morgan fingerprint density at radius 3 is 2.83 bits per heavy atom. The van der Waals surface area contributed by atoms with Crippen LogP contribution in [0, 0.1) is 5.82 Å². The molecule has 0 atom stereocenters. The van der Waals surface area contributed by atoms with E-state index in [1.54, 1.807) is 36.4 Å². The molecule has 0 aliphatic carbocycles. The molecule has 0 aliphatic heterocycles. The fourth-order valence-corrected chi connectivity index (χ4v) is 2.18. The Morgan fingerprint density at radius 1 is 1.17 bits per heavy atom. The standard InChI is InChI=1S/C16H14FN5O/c17-15-7-2-1-4-12(15)8-9-16(23)19-13-5-3-6-14(10-13)22-11-18-20-21-22/h1-7,10-11H,8-9H2,(H,19,23). The Morgan fingerprint density at radius 2 is 2.04 bits per heavy atom. The van der Waals surface area contributed by atoms with Crippen molar-refractivity contribution in [2.75, 3.05) is 5.32 Å². The number of aromatic nitrogens is 4. The predicted molar refractivity (Wildman–Crippen MR) is 82.5 cm³/mol. The first-order valence-electron chi connectivity index (χ1n) is 7.09. The van der Waals surface area contributed by atoms with Crippen LogP contribution in [0.5, 0.6) is 0 Å². The van der Waals surface area contributed by atoms with E-state index in [0.717, 1.165) is 5.69 Å². The molecule has 0 bridgehead atoms. The van der Waals surface area contributed by atoms with Gasteiger partial charge in [-0.3, -0.25) is 4.79 Å². The molecule has 2 aromatic carbocycles. The van der Waals surface area contributed by atoms with Crippen LogP contribution < -0.4 is 5.32 Å². The molecule has 0 fully saturated rings. The van der Waals surface area contributed by atoms with Crippen molar-refractivity contribution in [2.24, 2.45) is 0 Å². The van der Waals surface area contributed by atoms with E-state index in [2.05, 4.69) is 20.8 Å². The molecule has 1 aromatic heterocycles. The van der Waals surface area contributed by atoms with Crippen molar-refractivity contribution < 1.29 is 9.18 Å². The number of carbonyl (C=O) groups is 1. The zero-order valence-electron chi connectivity index (χ0n) is 12.2. The van der Waals surface area contributed by atoms with Gasteiger partial charge in [0.05, 0.1) is 5.69 Å². The van der Waals surface area contributed by atoms with E-state index >= 15 is 0 Å². The molecule has 23 heavy (non-hydrogen) atoms. The van der Waals surface area contributed by atoms with Crippen molar-refractivity contribution in [3.05, 3.63) is 66.2 Å². The number of halogens is 1. The molecule has 0 spiro atoms. The molecule has 6 nitrogen and oxygen atoms in total. The molecular weight excluding hydrogens is 297 g/mol. The van der Waals surface area contributed by atoms with Crippen LogP contribution in [0.4, 0.5) is 10.1 Å². The Labute approximate surface area is 132 Å². The number of hydrogen-bond acceptors (Lipinski definition) is 4. The number of carbonyl (C=O) groups excluding carboxylic acids is 1. The molecular formula is C16H14FN5O. The lowest BCUT2D eigenvalue weighted by molar-refractivity contribution is -0.116. The Hall–Kier alpha value is -3.09.